The lowest BCUT2D eigenvalue weighted by Crippen LogP contribution is -2.00. The number of aromatic carboxylic acids is 1. The fourth-order valence-electron chi connectivity index (χ4n) is 1.66. The molecule has 17 heavy (non-hydrogen) atoms. The summed E-state index contributed by atoms with van der Waals surface area (Å²) in [5, 5.41) is 16.8. The quantitative estimate of drug-likeness (QED) is 0.723. The van der Waals surface area contributed by atoms with Gasteiger partial charge >= 0.3 is 5.97 Å². The molecule has 6 nitrogen and oxygen atoms in total. The molecule has 0 saturated carbocycles. The highest BCUT2D eigenvalue weighted by Crippen LogP contribution is 2.20. The number of carboxylic acid groups (broad SMARTS) is 1. The smallest absolute Gasteiger partial charge is 0.339 e. The molecule has 0 fully saturated rings. The van der Waals surface area contributed by atoms with Gasteiger partial charge in [-0.1, -0.05) is 0 Å². The van der Waals surface area contributed by atoms with E-state index in [0.717, 1.165) is 0 Å². The van der Waals surface area contributed by atoms with Gasteiger partial charge in [0, 0.05) is 6.20 Å². The predicted molar refractivity (Wildman–Crippen MR) is 57.6 cm³/mol. The van der Waals surface area contributed by atoms with Crippen LogP contribution in [0.25, 0.3) is 17.2 Å². The third-order valence-electron chi connectivity index (χ3n) is 2.41. The number of rotatable bonds is 2. The number of hydrogen-bond acceptors (Lipinski definition) is 4. The number of aromatic nitrogens is 3. The van der Waals surface area contributed by atoms with Crippen LogP contribution in [0.1, 0.15) is 10.4 Å². The maximum Gasteiger partial charge on any atom is 0.339 e. The maximum absolute atomic E-state index is 11.0. The second-order valence-electron chi connectivity index (χ2n) is 3.42. The first-order valence-electron chi connectivity index (χ1n) is 4.88. The van der Waals surface area contributed by atoms with Gasteiger partial charge in [-0.2, -0.15) is 0 Å². The third kappa shape index (κ3) is 1.38. The molecule has 3 aromatic rings. The predicted octanol–water partition coefficient (Wildman–Crippen LogP) is 1.69. The minimum atomic E-state index is -1.03. The van der Waals surface area contributed by atoms with E-state index in [1.54, 1.807) is 28.8 Å². The van der Waals surface area contributed by atoms with Crippen LogP contribution >= 0.6 is 0 Å². The van der Waals surface area contributed by atoms with Crippen molar-refractivity contribution in [1.82, 2.24) is 14.6 Å². The van der Waals surface area contributed by atoms with Crippen LogP contribution in [0, 0.1) is 0 Å². The fourth-order valence-corrected chi connectivity index (χ4v) is 1.66. The van der Waals surface area contributed by atoms with Crippen molar-refractivity contribution in [1.29, 1.82) is 0 Å². The number of nitrogens with zero attached hydrogens (tertiary/aromatic N) is 3. The molecule has 0 aliphatic heterocycles. The van der Waals surface area contributed by atoms with Crippen molar-refractivity contribution in [3.05, 3.63) is 42.3 Å². The lowest BCUT2D eigenvalue weighted by Gasteiger charge is -1.98. The molecule has 0 aliphatic carbocycles. The van der Waals surface area contributed by atoms with E-state index in [9.17, 15) is 4.79 Å². The number of hydrogen-bond donors (Lipinski definition) is 1. The van der Waals surface area contributed by atoms with Crippen LogP contribution in [0.5, 0.6) is 0 Å². The lowest BCUT2D eigenvalue weighted by molar-refractivity contribution is 0.0698. The molecular formula is C11H7N3O3. The van der Waals surface area contributed by atoms with Gasteiger partial charge in [-0.05, 0) is 24.3 Å². The molecule has 3 rings (SSSR count). The highest BCUT2D eigenvalue weighted by molar-refractivity contribution is 5.94. The number of fused-ring (bicyclic) bond motifs is 1. The van der Waals surface area contributed by atoms with E-state index in [2.05, 4.69) is 10.2 Å². The number of pyridine rings is 1. The number of carbonyl (C=O) groups is 1. The Kier molecular flexibility index (Phi) is 1.94. The Hall–Kier alpha value is -2.63. The Morgan fingerprint density at radius 3 is 2.88 bits per heavy atom. The zero-order valence-electron chi connectivity index (χ0n) is 8.57. The molecule has 84 valence electrons. The van der Waals surface area contributed by atoms with Crippen LogP contribution in [0.3, 0.4) is 0 Å². The van der Waals surface area contributed by atoms with Gasteiger partial charge in [-0.3, -0.25) is 4.40 Å². The van der Waals surface area contributed by atoms with E-state index in [-0.39, 0.29) is 5.56 Å². The first-order valence-corrected chi connectivity index (χ1v) is 4.88. The van der Waals surface area contributed by atoms with E-state index in [1.165, 1.54) is 12.3 Å². The van der Waals surface area contributed by atoms with Crippen LogP contribution < -0.4 is 0 Å². The molecule has 3 heterocycles. The molecular weight excluding hydrogens is 222 g/mol. The summed E-state index contributed by atoms with van der Waals surface area (Å²) in [6.45, 7) is 0. The van der Waals surface area contributed by atoms with Gasteiger partial charge in [0.1, 0.15) is 5.56 Å². The van der Waals surface area contributed by atoms with Crippen molar-refractivity contribution >= 4 is 11.6 Å². The summed E-state index contributed by atoms with van der Waals surface area (Å²) in [5.74, 6) is -0.0119. The average molecular weight is 229 g/mol. The second-order valence-corrected chi connectivity index (χ2v) is 3.42. The van der Waals surface area contributed by atoms with E-state index in [4.69, 9.17) is 9.52 Å². The van der Waals surface area contributed by atoms with Gasteiger partial charge < -0.3 is 9.52 Å². The first-order chi connectivity index (χ1) is 8.27. The molecule has 0 aliphatic rings. The summed E-state index contributed by atoms with van der Waals surface area (Å²) in [4.78, 5) is 11.0. The summed E-state index contributed by atoms with van der Waals surface area (Å²) in [6.07, 6.45) is 3.22. The van der Waals surface area contributed by atoms with E-state index >= 15 is 0 Å². The van der Waals surface area contributed by atoms with Crippen LogP contribution in [-0.4, -0.2) is 25.7 Å². The molecule has 0 bridgehead atoms. The average Bonchev–Trinajstić information content (AvgIpc) is 2.96. The summed E-state index contributed by atoms with van der Waals surface area (Å²) in [6, 6.07) is 6.59. The molecule has 0 radical (unpaired) electrons. The van der Waals surface area contributed by atoms with Gasteiger partial charge in [0.2, 0.25) is 5.82 Å². The Morgan fingerprint density at radius 2 is 2.18 bits per heavy atom. The van der Waals surface area contributed by atoms with Crippen molar-refractivity contribution < 1.29 is 14.3 Å². The summed E-state index contributed by atoms with van der Waals surface area (Å²) < 4.78 is 6.80. The Bertz CT molecular complexity index is 685. The molecule has 0 aromatic carbocycles. The zero-order chi connectivity index (χ0) is 11.8. The fraction of sp³-hybridized carbons (Fsp3) is 0. The SMILES string of the molecule is O=C(O)c1cccn2c(-c3ccco3)nnc12. The normalized spacial score (nSPS) is 10.8. The third-order valence-corrected chi connectivity index (χ3v) is 2.41. The Labute approximate surface area is 95.1 Å². The van der Waals surface area contributed by atoms with Crippen molar-refractivity contribution in [3.63, 3.8) is 0 Å². The summed E-state index contributed by atoms with van der Waals surface area (Å²) >= 11 is 0. The molecule has 0 amide bonds. The van der Waals surface area contributed by atoms with Crippen molar-refractivity contribution in [2.24, 2.45) is 0 Å². The minimum Gasteiger partial charge on any atom is -0.478 e. The minimum absolute atomic E-state index is 0.109. The summed E-state index contributed by atoms with van der Waals surface area (Å²) in [7, 11) is 0. The molecule has 1 N–H and O–H groups in total. The monoisotopic (exact) mass is 229 g/mol. The molecule has 0 saturated heterocycles. The highest BCUT2D eigenvalue weighted by Gasteiger charge is 2.15. The Balaban J connectivity index is 2.31. The Morgan fingerprint density at radius 1 is 1.29 bits per heavy atom. The van der Waals surface area contributed by atoms with Gasteiger partial charge in [-0.25, -0.2) is 4.79 Å². The molecule has 0 unspecified atom stereocenters. The van der Waals surface area contributed by atoms with Gasteiger partial charge in [0.05, 0.1) is 6.26 Å². The molecule has 0 spiro atoms. The van der Waals surface area contributed by atoms with Crippen molar-refractivity contribution in [3.8, 4) is 11.6 Å². The molecule has 3 aromatic heterocycles. The largest absolute Gasteiger partial charge is 0.478 e. The van der Waals surface area contributed by atoms with Crippen molar-refractivity contribution in [2.45, 2.75) is 0 Å². The second kappa shape index (κ2) is 3.44. The van der Waals surface area contributed by atoms with Crippen LogP contribution in [0.15, 0.2) is 41.1 Å². The first kappa shape index (κ1) is 9.59. The van der Waals surface area contributed by atoms with Crippen LogP contribution in [0.2, 0.25) is 0 Å². The molecule has 0 atom stereocenters. The van der Waals surface area contributed by atoms with E-state index in [0.29, 0.717) is 17.2 Å². The van der Waals surface area contributed by atoms with Gasteiger partial charge in [0.25, 0.3) is 0 Å². The van der Waals surface area contributed by atoms with Crippen LogP contribution in [0.4, 0.5) is 0 Å². The lowest BCUT2D eigenvalue weighted by atomic mass is 10.2. The highest BCUT2D eigenvalue weighted by atomic mass is 16.4. The van der Waals surface area contributed by atoms with E-state index < -0.39 is 5.97 Å². The van der Waals surface area contributed by atoms with Crippen molar-refractivity contribution in [2.75, 3.05) is 0 Å². The van der Waals surface area contributed by atoms with Crippen LogP contribution in [-0.2, 0) is 0 Å². The summed E-state index contributed by atoms with van der Waals surface area (Å²) in [5.41, 5.74) is 0.407. The van der Waals surface area contributed by atoms with Gasteiger partial charge in [-0.15, -0.1) is 10.2 Å². The standard InChI is InChI=1S/C11H7N3O3/c15-11(16)7-3-1-5-14-9(7)12-13-10(14)8-4-2-6-17-8/h1-6H,(H,15,16). The number of furan rings is 1. The maximum atomic E-state index is 11.0. The van der Waals surface area contributed by atoms with E-state index in [1.807, 2.05) is 0 Å². The molecule has 6 heteroatoms. The topological polar surface area (TPSA) is 80.6 Å². The van der Waals surface area contributed by atoms with Gasteiger partial charge in [0.15, 0.2) is 11.4 Å². The zero-order valence-corrected chi connectivity index (χ0v) is 8.57. The number of carboxylic acids is 1.